The highest BCUT2D eigenvalue weighted by atomic mass is 31.2. The van der Waals surface area contributed by atoms with E-state index in [-0.39, 0.29) is 37.3 Å². The molecule has 0 saturated heterocycles. The monoisotopic (exact) mass is 1090 g/mol. The lowest BCUT2D eigenvalue weighted by Crippen LogP contribution is -2.29. The number of aryl methyl sites for hydroxylation is 4. The molecule has 7 aromatic rings. The second-order valence-electron chi connectivity index (χ2n) is 18.4. The Balaban J connectivity index is 1.26. The van der Waals surface area contributed by atoms with E-state index in [1.165, 1.54) is 9.34 Å². The van der Waals surface area contributed by atoms with Crippen molar-refractivity contribution in [2.45, 2.75) is 39.4 Å². The minimum Gasteiger partial charge on any atom is -0.437 e. The molecule has 0 N–H and O–H groups in total. The summed E-state index contributed by atoms with van der Waals surface area (Å²) < 4.78 is 109. The molecule has 2 aliphatic rings. The van der Waals surface area contributed by atoms with Crippen LogP contribution < -0.4 is 28.7 Å². The molecule has 0 aliphatic carbocycles. The molecule has 9 rings (SSSR count). The first-order valence-corrected chi connectivity index (χ1v) is 31.1. The number of benzene rings is 7. The van der Waals surface area contributed by atoms with Crippen LogP contribution in [0.25, 0.3) is 22.3 Å². The molecule has 6 atom stereocenters. The Hall–Kier alpha value is -6.54. The van der Waals surface area contributed by atoms with E-state index in [0.717, 1.165) is 0 Å². The zero-order chi connectivity index (χ0) is 53.8. The van der Waals surface area contributed by atoms with E-state index >= 15 is 18.3 Å². The first-order chi connectivity index (χ1) is 36.6. The van der Waals surface area contributed by atoms with Gasteiger partial charge in [0, 0.05) is 37.3 Å². The third-order valence-corrected chi connectivity index (χ3v) is 22.4. The molecular weight excluding hydrogens is 1030 g/mol. The summed E-state index contributed by atoms with van der Waals surface area (Å²) in [5.74, 6) is -1.96. The largest absolute Gasteiger partial charge is 0.463 e. The Morgan fingerprint density at radius 1 is 0.447 bits per heavy atom. The Labute approximate surface area is 446 Å². The average Bonchev–Trinajstić information content (AvgIpc) is 3.54. The van der Waals surface area contributed by atoms with Crippen molar-refractivity contribution < 1.29 is 45.4 Å². The maximum atomic E-state index is 16.6. The van der Waals surface area contributed by atoms with E-state index < -0.39 is 41.9 Å². The van der Waals surface area contributed by atoms with Crippen LogP contribution in [-0.4, -0.2) is 35.5 Å². The number of rotatable bonds is 22. The SMILES string of the molecule is C=CCN(CC=C)P(=O)(Oc1c(C)cccc1C)OC(c1ccc(C(OP(=O)(Oc2c(C)cccc2C)N(CC=C)CC=C)P2(=O)Oc3ccccc3-c3ccccc32)cc1)P1(=O)Oc2ccccc2-c2ccccc21. The van der Waals surface area contributed by atoms with Crippen molar-refractivity contribution in [2.75, 3.05) is 26.2 Å². The van der Waals surface area contributed by atoms with Crippen LogP contribution >= 0.6 is 30.2 Å². The Morgan fingerprint density at radius 2 is 0.750 bits per heavy atom. The summed E-state index contributed by atoms with van der Waals surface area (Å²) in [6, 6.07) is 46.5. The van der Waals surface area contributed by atoms with Crippen molar-refractivity contribution in [3.05, 3.63) is 242 Å². The quantitative estimate of drug-likeness (QED) is 0.0473. The highest BCUT2D eigenvalue weighted by molar-refractivity contribution is 7.69. The maximum Gasteiger partial charge on any atom is 0.463 e. The van der Waals surface area contributed by atoms with Crippen LogP contribution in [0, 0.1) is 27.7 Å². The van der Waals surface area contributed by atoms with E-state index in [1.54, 1.807) is 97.1 Å². The summed E-state index contributed by atoms with van der Waals surface area (Å²) in [6.45, 7) is 23.3. The lowest BCUT2D eigenvalue weighted by Gasteiger charge is -2.38. The number of hydrogen-bond acceptors (Lipinski definition) is 10. The zero-order valence-electron chi connectivity index (χ0n) is 42.9. The molecule has 0 fully saturated rings. The fourth-order valence-corrected chi connectivity index (χ4v) is 19.4. The predicted octanol–water partition coefficient (Wildman–Crippen LogP) is 16.0. The molecule has 16 heteroatoms. The fourth-order valence-electron chi connectivity index (χ4n) is 9.49. The summed E-state index contributed by atoms with van der Waals surface area (Å²) in [5.41, 5.74) is 5.94. The van der Waals surface area contributed by atoms with E-state index in [4.69, 9.17) is 27.1 Å². The van der Waals surface area contributed by atoms with Crippen LogP contribution in [0.2, 0.25) is 0 Å². The van der Waals surface area contributed by atoms with Crippen molar-refractivity contribution >= 4 is 40.8 Å². The standard InChI is InChI=1S/C60H60N2O10P4/c1-9-39-61(40-10-2)75(65,69-57-43(5)23-21-24-44(57)6)71-59(73(63)55-33-19-15-29-51(55)49-27-13-17-31-53(49)67-73)47-35-37-48(38-36-47)60(74(64)56-34-20-16-30-52(56)50-28-14-18-32-54(50)68-74)72-76(66,62(41-11-3)42-12-4)70-58-45(7)25-22-26-46(58)8/h9-38,59-60H,1-4,39-42H2,5-8H3. The van der Waals surface area contributed by atoms with Crippen molar-refractivity contribution in [1.29, 1.82) is 0 Å². The van der Waals surface area contributed by atoms with Crippen molar-refractivity contribution in [3.8, 4) is 45.3 Å². The number of hydrogen-bond donors (Lipinski definition) is 0. The maximum absolute atomic E-state index is 16.6. The highest BCUT2D eigenvalue weighted by Crippen LogP contribution is 2.72. The molecule has 0 bridgehead atoms. The Kier molecular flexibility index (Phi) is 16.1. The van der Waals surface area contributed by atoms with E-state index in [0.29, 0.717) is 78.1 Å². The second kappa shape index (κ2) is 22.6. The Bertz CT molecular complexity index is 3270. The number of fused-ring (bicyclic) bond motifs is 6. The molecular formula is C60H60N2O10P4. The molecule has 0 aromatic heterocycles. The first-order valence-electron chi connectivity index (χ1n) is 24.7. The van der Waals surface area contributed by atoms with Crippen LogP contribution in [-0.2, 0) is 27.3 Å². The van der Waals surface area contributed by atoms with E-state index in [1.807, 2.05) is 113 Å². The van der Waals surface area contributed by atoms with Gasteiger partial charge in [-0.1, -0.05) is 158 Å². The normalized spacial score (nSPS) is 18.6. The summed E-state index contributed by atoms with van der Waals surface area (Å²) in [4.78, 5) is 0. The minimum atomic E-state index is -4.62. The third-order valence-electron chi connectivity index (χ3n) is 13.2. The van der Waals surface area contributed by atoms with Gasteiger partial charge in [-0.3, -0.25) is 18.2 Å². The van der Waals surface area contributed by atoms with Gasteiger partial charge in [-0.25, -0.2) is 9.13 Å². The molecule has 76 heavy (non-hydrogen) atoms. The summed E-state index contributed by atoms with van der Waals surface area (Å²) >= 11 is 0. The molecule has 390 valence electrons. The van der Waals surface area contributed by atoms with Gasteiger partial charge in [-0.15, -0.1) is 26.3 Å². The molecule has 2 heterocycles. The van der Waals surface area contributed by atoms with E-state index in [2.05, 4.69) is 26.3 Å². The molecule has 0 saturated carbocycles. The van der Waals surface area contributed by atoms with Gasteiger partial charge in [-0.2, -0.15) is 9.34 Å². The fraction of sp³-hybridized carbons (Fsp3) is 0.167. The van der Waals surface area contributed by atoms with Gasteiger partial charge in [0.25, 0.3) is 0 Å². The van der Waals surface area contributed by atoms with Crippen LogP contribution in [0.3, 0.4) is 0 Å². The van der Waals surface area contributed by atoms with Gasteiger partial charge in [0.1, 0.15) is 23.0 Å². The smallest absolute Gasteiger partial charge is 0.437 e. The average molecular weight is 1090 g/mol. The summed E-state index contributed by atoms with van der Waals surface area (Å²) in [7, 11) is -18.0. The van der Waals surface area contributed by atoms with Crippen LogP contribution in [0.1, 0.15) is 45.1 Å². The number of nitrogens with zero attached hydrogens (tertiary/aromatic N) is 2. The molecule has 2 aliphatic heterocycles. The lowest BCUT2D eigenvalue weighted by molar-refractivity contribution is 0.186. The van der Waals surface area contributed by atoms with Crippen LogP contribution in [0.5, 0.6) is 23.0 Å². The van der Waals surface area contributed by atoms with Gasteiger partial charge in [0.2, 0.25) is 0 Å². The van der Waals surface area contributed by atoms with Crippen molar-refractivity contribution in [1.82, 2.24) is 9.34 Å². The van der Waals surface area contributed by atoms with Crippen molar-refractivity contribution in [3.63, 3.8) is 0 Å². The van der Waals surface area contributed by atoms with Gasteiger partial charge >= 0.3 is 30.2 Å². The zero-order valence-corrected chi connectivity index (χ0v) is 46.5. The molecule has 12 nitrogen and oxygen atoms in total. The number of para-hydroxylation sites is 4. The van der Waals surface area contributed by atoms with Crippen LogP contribution in [0.15, 0.2) is 208 Å². The summed E-state index contributed by atoms with van der Waals surface area (Å²) in [5, 5.41) is 0.650. The first kappa shape index (κ1) is 54.3. The van der Waals surface area contributed by atoms with Gasteiger partial charge in [0.15, 0.2) is 11.7 Å². The molecule has 0 spiro atoms. The third kappa shape index (κ3) is 10.4. The Morgan fingerprint density at radius 3 is 1.08 bits per heavy atom. The molecule has 0 amide bonds. The molecule has 7 aromatic carbocycles. The molecule has 0 radical (unpaired) electrons. The van der Waals surface area contributed by atoms with E-state index in [9.17, 15) is 0 Å². The predicted molar refractivity (Wildman–Crippen MR) is 306 cm³/mol. The topological polar surface area (TPSA) is 130 Å². The second-order valence-corrected chi connectivity index (χ2v) is 26.9. The molecule has 6 unspecified atom stereocenters. The van der Waals surface area contributed by atoms with Crippen molar-refractivity contribution in [2.24, 2.45) is 0 Å². The minimum absolute atomic E-state index is 0.0300. The van der Waals surface area contributed by atoms with Gasteiger partial charge in [0.05, 0.1) is 10.6 Å². The lowest BCUT2D eigenvalue weighted by atomic mass is 10.0. The highest BCUT2D eigenvalue weighted by Gasteiger charge is 2.53. The van der Waals surface area contributed by atoms with Gasteiger partial charge < -0.3 is 18.1 Å². The van der Waals surface area contributed by atoms with Gasteiger partial charge in [-0.05, 0) is 96.5 Å². The van der Waals surface area contributed by atoms with Crippen LogP contribution in [0.4, 0.5) is 0 Å². The summed E-state index contributed by atoms with van der Waals surface area (Å²) in [6.07, 6.45) is 6.29.